The van der Waals surface area contributed by atoms with Gasteiger partial charge >= 0.3 is 5.97 Å². The van der Waals surface area contributed by atoms with E-state index in [4.69, 9.17) is 5.11 Å². The van der Waals surface area contributed by atoms with Crippen LogP contribution in [0.3, 0.4) is 0 Å². The lowest BCUT2D eigenvalue weighted by atomic mass is 10.1. The third-order valence-electron chi connectivity index (χ3n) is 2.96. The van der Waals surface area contributed by atoms with Crippen LogP contribution >= 0.6 is 11.3 Å². The minimum Gasteiger partial charge on any atom is -0.481 e. The van der Waals surface area contributed by atoms with Crippen LogP contribution in [-0.2, 0) is 9.59 Å². The molecule has 0 saturated carbocycles. The molecule has 0 aromatic carbocycles. The lowest BCUT2D eigenvalue weighted by Crippen LogP contribution is -2.39. The van der Waals surface area contributed by atoms with Gasteiger partial charge in [0.2, 0.25) is 5.91 Å². The molecule has 0 fully saturated rings. The number of carbonyl (C=O) groups is 3. The predicted octanol–water partition coefficient (Wildman–Crippen LogP) is 1.44. The molecule has 0 aliphatic heterocycles. The summed E-state index contributed by atoms with van der Waals surface area (Å²) in [4.78, 5) is 36.1. The lowest BCUT2D eigenvalue weighted by Gasteiger charge is -2.17. The highest BCUT2D eigenvalue weighted by Crippen LogP contribution is 2.10. The summed E-state index contributed by atoms with van der Waals surface area (Å²) in [6.07, 6.45) is 0.605. The number of carboxylic acid groups (broad SMARTS) is 1. The van der Waals surface area contributed by atoms with Crippen LogP contribution in [0.2, 0.25) is 0 Å². The summed E-state index contributed by atoms with van der Waals surface area (Å²) in [5.41, 5.74) is 0. The quantitative estimate of drug-likeness (QED) is 0.760. The Kier molecular flexibility index (Phi) is 6.87. The first-order valence-electron chi connectivity index (χ1n) is 6.67. The number of nitrogens with zero attached hydrogens (tertiary/aromatic N) is 1. The zero-order valence-electron chi connectivity index (χ0n) is 12.2. The average molecular weight is 312 g/mol. The summed E-state index contributed by atoms with van der Waals surface area (Å²) in [6.45, 7) is 2.28. The van der Waals surface area contributed by atoms with Crippen LogP contribution < -0.4 is 5.32 Å². The summed E-state index contributed by atoms with van der Waals surface area (Å²) < 4.78 is 0. The molecule has 1 aromatic heterocycles. The molecule has 1 heterocycles. The van der Waals surface area contributed by atoms with Crippen molar-refractivity contribution < 1.29 is 19.5 Å². The van der Waals surface area contributed by atoms with Gasteiger partial charge in [0, 0.05) is 20.0 Å². The summed E-state index contributed by atoms with van der Waals surface area (Å²) >= 11 is 1.34. The van der Waals surface area contributed by atoms with Crippen LogP contribution in [0.25, 0.3) is 0 Å². The van der Waals surface area contributed by atoms with Crippen molar-refractivity contribution >= 4 is 29.1 Å². The van der Waals surface area contributed by atoms with Gasteiger partial charge in [-0.3, -0.25) is 14.4 Å². The third kappa shape index (κ3) is 6.40. The SMILES string of the molecule is CC(CCC(=O)O)CNC(=O)CN(C)C(=O)c1cccs1. The topological polar surface area (TPSA) is 86.7 Å². The van der Waals surface area contributed by atoms with Gasteiger partial charge in [-0.15, -0.1) is 11.3 Å². The van der Waals surface area contributed by atoms with Gasteiger partial charge in [0.25, 0.3) is 5.91 Å². The van der Waals surface area contributed by atoms with Crippen LogP contribution in [0.4, 0.5) is 0 Å². The van der Waals surface area contributed by atoms with Crippen LogP contribution in [0, 0.1) is 5.92 Å². The Morgan fingerprint density at radius 2 is 2.14 bits per heavy atom. The maximum absolute atomic E-state index is 11.9. The first kappa shape index (κ1) is 17.2. The number of nitrogens with one attached hydrogen (secondary N) is 1. The second kappa shape index (κ2) is 8.41. The highest BCUT2D eigenvalue weighted by molar-refractivity contribution is 7.12. The fraction of sp³-hybridized carbons (Fsp3) is 0.500. The largest absolute Gasteiger partial charge is 0.481 e. The Balaban J connectivity index is 2.30. The zero-order valence-corrected chi connectivity index (χ0v) is 13.0. The number of hydrogen-bond acceptors (Lipinski definition) is 4. The Morgan fingerprint density at radius 3 is 2.71 bits per heavy atom. The second-order valence-electron chi connectivity index (χ2n) is 4.98. The smallest absolute Gasteiger partial charge is 0.303 e. The molecular formula is C14H20N2O4S. The normalized spacial score (nSPS) is 11.7. The van der Waals surface area contributed by atoms with Crippen molar-refractivity contribution in [3.63, 3.8) is 0 Å². The van der Waals surface area contributed by atoms with Gasteiger partial charge in [-0.1, -0.05) is 13.0 Å². The van der Waals surface area contributed by atoms with Crippen molar-refractivity contribution in [2.45, 2.75) is 19.8 Å². The molecule has 116 valence electrons. The maximum Gasteiger partial charge on any atom is 0.303 e. The molecule has 2 amide bonds. The molecule has 0 saturated heterocycles. The number of likely N-dealkylation sites (N-methyl/N-ethyl adjacent to an activating group) is 1. The molecule has 1 aromatic rings. The van der Waals surface area contributed by atoms with Crippen molar-refractivity contribution in [3.05, 3.63) is 22.4 Å². The van der Waals surface area contributed by atoms with E-state index in [1.807, 2.05) is 12.3 Å². The van der Waals surface area contributed by atoms with Crippen LogP contribution in [0.5, 0.6) is 0 Å². The summed E-state index contributed by atoms with van der Waals surface area (Å²) in [5.74, 6) is -1.18. The molecule has 2 N–H and O–H groups in total. The van der Waals surface area contributed by atoms with Gasteiger partial charge in [0.15, 0.2) is 0 Å². The fourth-order valence-corrected chi connectivity index (χ4v) is 2.41. The zero-order chi connectivity index (χ0) is 15.8. The lowest BCUT2D eigenvalue weighted by molar-refractivity contribution is -0.137. The number of rotatable bonds is 8. The third-order valence-corrected chi connectivity index (χ3v) is 3.82. The molecule has 0 spiro atoms. The molecule has 0 aliphatic carbocycles. The molecule has 1 unspecified atom stereocenters. The highest BCUT2D eigenvalue weighted by Gasteiger charge is 2.16. The molecule has 0 radical (unpaired) electrons. The van der Waals surface area contributed by atoms with Crippen molar-refractivity contribution in [1.82, 2.24) is 10.2 Å². The van der Waals surface area contributed by atoms with E-state index in [9.17, 15) is 14.4 Å². The summed E-state index contributed by atoms with van der Waals surface area (Å²) in [7, 11) is 1.58. The molecule has 21 heavy (non-hydrogen) atoms. The van der Waals surface area contributed by atoms with Crippen LogP contribution in [-0.4, -0.2) is 47.9 Å². The van der Waals surface area contributed by atoms with Crippen molar-refractivity contribution in [2.24, 2.45) is 5.92 Å². The van der Waals surface area contributed by atoms with E-state index < -0.39 is 5.97 Å². The average Bonchev–Trinajstić information content (AvgIpc) is 2.95. The Labute approximate surface area is 127 Å². The highest BCUT2D eigenvalue weighted by atomic mass is 32.1. The Bertz CT molecular complexity index is 487. The van der Waals surface area contributed by atoms with E-state index in [1.165, 1.54) is 16.2 Å². The maximum atomic E-state index is 11.9. The number of aliphatic carboxylic acids is 1. The van der Waals surface area contributed by atoms with Crippen LogP contribution in [0.15, 0.2) is 17.5 Å². The number of thiophene rings is 1. The second-order valence-corrected chi connectivity index (χ2v) is 5.93. The summed E-state index contributed by atoms with van der Waals surface area (Å²) in [6, 6.07) is 3.51. The standard InChI is InChI=1S/C14H20N2O4S/c1-10(5-6-13(18)19)8-15-12(17)9-16(2)14(20)11-4-3-7-21-11/h3-4,7,10H,5-6,8-9H2,1-2H3,(H,15,17)(H,18,19). The Morgan fingerprint density at radius 1 is 1.43 bits per heavy atom. The van der Waals surface area contributed by atoms with Gasteiger partial charge < -0.3 is 15.3 Å². The van der Waals surface area contributed by atoms with E-state index in [2.05, 4.69) is 5.32 Å². The molecule has 0 aliphatic rings. The Hall–Kier alpha value is -1.89. The first-order valence-corrected chi connectivity index (χ1v) is 7.55. The molecule has 1 rings (SSSR count). The summed E-state index contributed by atoms with van der Waals surface area (Å²) in [5, 5.41) is 13.1. The number of carbonyl (C=O) groups excluding carboxylic acids is 2. The van der Waals surface area contributed by atoms with Crippen molar-refractivity contribution in [1.29, 1.82) is 0 Å². The van der Waals surface area contributed by atoms with Gasteiger partial charge in [-0.05, 0) is 23.8 Å². The van der Waals surface area contributed by atoms with Crippen molar-refractivity contribution in [3.8, 4) is 0 Å². The number of amides is 2. The fourth-order valence-electron chi connectivity index (χ4n) is 1.69. The van der Waals surface area contributed by atoms with E-state index in [0.717, 1.165) is 0 Å². The van der Waals surface area contributed by atoms with E-state index in [-0.39, 0.29) is 30.7 Å². The van der Waals surface area contributed by atoms with Gasteiger partial charge in [-0.2, -0.15) is 0 Å². The first-order chi connectivity index (χ1) is 9.90. The van der Waals surface area contributed by atoms with Gasteiger partial charge in [-0.25, -0.2) is 0 Å². The number of hydrogen-bond donors (Lipinski definition) is 2. The van der Waals surface area contributed by atoms with E-state index in [0.29, 0.717) is 17.8 Å². The van der Waals surface area contributed by atoms with Gasteiger partial charge in [0.1, 0.15) is 0 Å². The minimum absolute atomic E-state index is 0.0115. The molecular weight excluding hydrogens is 292 g/mol. The molecule has 1 atom stereocenters. The minimum atomic E-state index is -0.838. The van der Waals surface area contributed by atoms with E-state index >= 15 is 0 Å². The van der Waals surface area contributed by atoms with Crippen molar-refractivity contribution in [2.75, 3.05) is 20.1 Å². The molecule has 0 bridgehead atoms. The van der Waals surface area contributed by atoms with Gasteiger partial charge in [0.05, 0.1) is 11.4 Å². The molecule has 7 heteroatoms. The van der Waals surface area contributed by atoms with E-state index in [1.54, 1.807) is 19.2 Å². The monoisotopic (exact) mass is 312 g/mol. The molecule has 6 nitrogen and oxygen atoms in total. The van der Waals surface area contributed by atoms with Crippen LogP contribution in [0.1, 0.15) is 29.4 Å². The predicted molar refractivity (Wildman–Crippen MR) is 80.3 cm³/mol. The number of carboxylic acids is 1.